The lowest BCUT2D eigenvalue weighted by Gasteiger charge is -2.47. The van der Waals surface area contributed by atoms with Crippen LogP contribution in [0.25, 0.3) is 0 Å². The second-order valence-corrected chi connectivity index (χ2v) is 17.7. The Hall–Kier alpha value is -2.44. The fourth-order valence-corrected chi connectivity index (χ4v) is 9.04. The molecule has 0 radical (unpaired) electrons. The lowest BCUT2D eigenvalue weighted by molar-refractivity contribution is -0.299. The summed E-state index contributed by atoms with van der Waals surface area (Å²) in [4.78, 5) is 47.5. The highest BCUT2D eigenvalue weighted by atomic mass is 16.8. The summed E-state index contributed by atoms with van der Waals surface area (Å²) in [6, 6.07) is -0.353. The molecule has 0 aromatic carbocycles. The lowest BCUT2D eigenvalue weighted by Crippen LogP contribution is -2.60. The minimum Gasteiger partial charge on any atom is -0.469 e. The van der Waals surface area contributed by atoms with Crippen LogP contribution in [-0.4, -0.2) is 143 Å². The third kappa shape index (κ3) is 12.3. The van der Waals surface area contributed by atoms with E-state index in [0.29, 0.717) is 25.0 Å². The average Bonchev–Trinajstić information content (AvgIpc) is 3.17. The van der Waals surface area contributed by atoms with Crippen molar-refractivity contribution in [3.8, 4) is 0 Å². The third-order valence-corrected chi connectivity index (χ3v) is 12.6. The molecule has 3 aliphatic rings. The zero-order valence-electron chi connectivity index (χ0n) is 37.0. The van der Waals surface area contributed by atoms with E-state index >= 15 is 0 Å². The Balaban J connectivity index is 2.21. The summed E-state index contributed by atoms with van der Waals surface area (Å²) in [6.07, 6.45) is -3.54. The molecule has 16 heteroatoms. The molecule has 2 saturated heterocycles. The molecule has 0 aromatic heterocycles. The maximum absolute atomic E-state index is 14.1. The van der Waals surface area contributed by atoms with Gasteiger partial charge in [0.2, 0.25) is 5.79 Å². The summed E-state index contributed by atoms with van der Waals surface area (Å²) >= 11 is 0. The fraction of sp³-hybridized carbons (Fsp3) is 0.905. The van der Waals surface area contributed by atoms with Crippen molar-refractivity contribution >= 4 is 23.6 Å². The second-order valence-electron chi connectivity index (χ2n) is 17.7. The number of oxime groups is 1. The van der Waals surface area contributed by atoms with Gasteiger partial charge in [0.15, 0.2) is 6.29 Å². The number of aliphatic hydroxyl groups excluding tert-OH is 2. The minimum absolute atomic E-state index is 0.0308. The lowest BCUT2D eigenvalue weighted by atomic mass is 9.73. The van der Waals surface area contributed by atoms with Gasteiger partial charge < -0.3 is 58.6 Å². The summed E-state index contributed by atoms with van der Waals surface area (Å²) in [6.45, 7) is 13.2. The number of aliphatic hydroxyl groups is 4. The molecule has 16 nitrogen and oxygen atoms in total. The van der Waals surface area contributed by atoms with E-state index in [4.69, 9.17) is 33.3 Å². The van der Waals surface area contributed by atoms with Crippen LogP contribution in [-0.2, 0) is 47.6 Å². The standard InChI is InChI=1S/C42H74N2O14/c1-13-30-41(8,51)36(48)26(4)33(43-58-42(53-12)20-15-14-16-21-42)24(2)23-40(7,50)37(57-39-34(47)29(44(9)10)22-25(3)54-39)27(5)35(28(6)38(49)55-30)56-32(46)19-17-18-31(45)52-11/h24-30,34-37,39,47-48,50-51H,13-23H2,1-12H3/b43-33+/t24-,25+,26+,27-,28+,29-,30-,34+,35-,36+,37+,39-,40-,41+/m0/s1. The third-order valence-electron chi connectivity index (χ3n) is 12.6. The Morgan fingerprint density at radius 2 is 1.57 bits per heavy atom. The van der Waals surface area contributed by atoms with E-state index in [1.807, 2.05) is 32.8 Å². The molecule has 0 amide bonds. The monoisotopic (exact) mass is 831 g/mol. The number of methoxy groups -OCH3 is 2. The maximum Gasteiger partial charge on any atom is 0.312 e. The van der Waals surface area contributed by atoms with E-state index in [1.165, 1.54) is 21.0 Å². The van der Waals surface area contributed by atoms with E-state index in [9.17, 15) is 34.8 Å². The number of cyclic esters (lactones) is 1. The van der Waals surface area contributed by atoms with Gasteiger partial charge in [-0.25, -0.2) is 0 Å². The van der Waals surface area contributed by atoms with Gasteiger partial charge in [-0.15, -0.1) is 0 Å². The first kappa shape index (κ1) is 49.9. The van der Waals surface area contributed by atoms with Crippen LogP contribution in [0.15, 0.2) is 5.16 Å². The summed E-state index contributed by atoms with van der Waals surface area (Å²) in [5.74, 6) is -6.70. The van der Waals surface area contributed by atoms with Crippen molar-refractivity contribution in [2.45, 2.75) is 192 Å². The Morgan fingerprint density at radius 1 is 0.948 bits per heavy atom. The minimum atomic E-state index is -1.99. The van der Waals surface area contributed by atoms with Gasteiger partial charge in [0.05, 0.1) is 42.7 Å². The van der Waals surface area contributed by atoms with Crippen molar-refractivity contribution < 1.29 is 68.1 Å². The molecule has 14 atom stereocenters. The van der Waals surface area contributed by atoms with E-state index < -0.39 is 95.4 Å². The number of carbonyl (C=O) groups excluding carboxylic acids is 3. The first-order valence-electron chi connectivity index (χ1n) is 21.1. The first-order chi connectivity index (χ1) is 27.0. The van der Waals surface area contributed by atoms with Gasteiger partial charge >= 0.3 is 17.9 Å². The largest absolute Gasteiger partial charge is 0.469 e. The molecule has 4 N–H and O–H groups in total. The van der Waals surface area contributed by atoms with Crippen LogP contribution < -0.4 is 0 Å². The predicted octanol–water partition coefficient (Wildman–Crippen LogP) is 3.86. The maximum atomic E-state index is 14.1. The molecule has 3 rings (SSSR count). The van der Waals surface area contributed by atoms with E-state index in [2.05, 4.69) is 5.16 Å². The van der Waals surface area contributed by atoms with E-state index in [0.717, 1.165) is 19.3 Å². The van der Waals surface area contributed by atoms with Crippen molar-refractivity contribution in [2.75, 3.05) is 28.3 Å². The molecule has 2 heterocycles. The molecule has 0 spiro atoms. The topological polar surface area (TPSA) is 212 Å². The van der Waals surface area contributed by atoms with E-state index in [-0.39, 0.29) is 44.2 Å². The van der Waals surface area contributed by atoms with Gasteiger partial charge in [-0.2, -0.15) is 0 Å². The SMILES string of the molecule is CC[C@@H]1OC(=O)[C@H](C)[C@@H](OC(=O)CCCC(=O)OC)[C@H](C)[C@@H](O[C@@H]2O[C@H](C)C[C@H](N(C)C)[C@H]2O)[C@@](C)(O)C[C@H](C)/C(=N\OC2(OC)CCCCC2)[C@@H](C)[C@@H](O)[C@]1(C)O. The van der Waals surface area contributed by atoms with Crippen molar-refractivity contribution in [3.63, 3.8) is 0 Å². The van der Waals surface area contributed by atoms with Crippen LogP contribution in [0.4, 0.5) is 0 Å². The molecule has 3 fully saturated rings. The van der Waals surface area contributed by atoms with Gasteiger partial charge in [0, 0.05) is 56.6 Å². The number of carbonyl (C=O) groups is 3. The molecular weight excluding hydrogens is 756 g/mol. The molecular formula is C42H74N2O14. The Kier molecular flexibility index (Phi) is 18.4. The highest BCUT2D eigenvalue weighted by molar-refractivity contribution is 5.89. The van der Waals surface area contributed by atoms with Crippen LogP contribution in [0.2, 0.25) is 0 Å². The molecule has 0 aromatic rings. The number of hydrogen-bond acceptors (Lipinski definition) is 16. The van der Waals surface area contributed by atoms with Gasteiger partial charge in [0.25, 0.3) is 0 Å². The molecule has 1 saturated carbocycles. The highest BCUT2D eigenvalue weighted by Gasteiger charge is 2.52. The fourth-order valence-electron chi connectivity index (χ4n) is 9.04. The number of esters is 3. The van der Waals surface area contributed by atoms with Crippen molar-refractivity contribution in [3.05, 3.63) is 0 Å². The second kappa shape index (κ2) is 21.4. The predicted molar refractivity (Wildman–Crippen MR) is 213 cm³/mol. The van der Waals surface area contributed by atoms with Crippen LogP contribution in [0.5, 0.6) is 0 Å². The van der Waals surface area contributed by atoms with Crippen LogP contribution in [0, 0.1) is 23.7 Å². The number of rotatable bonds is 12. The molecule has 58 heavy (non-hydrogen) atoms. The van der Waals surface area contributed by atoms with Gasteiger partial charge in [-0.1, -0.05) is 39.3 Å². The number of ether oxygens (including phenoxy) is 6. The summed E-state index contributed by atoms with van der Waals surface area (Å²) < 4.78 is 35.4. The van der Waals surface area contributed by atoms with Crippen molar-refractivity contribution in [1.29, 1.82) is 0 Å². The first-order valence-corrected chi connectivity index (χ1v) is 21.1. The normalized spacial score (nSPS) is 40.0. The average molecular weight is 831 g/mol. The quantitative estimate of drug-likeness (QED) is 0.0952. The molecule has 0 bridgehead atoms. The smallest absolute Gasteiger partial charge is 0.312 e. The Labute approximate surface area is 345 Å². The van der Waals surface area contributed by atoms with Crippen molar-refractivity contribution in [1.82, 2.24) is 4.90 Å². The van der Waals surface area contributed by atoms with E-state index in [1.54, 1.807) is 34.8 Å². The summed E-state index contributed by atoms with van der Waals surface area (Å²) in [5, 5.41) is 52.9. The number of likely N-dealkylation sites (N-methyl/N-ethyl adjacent to an activating group) is 1. The summed E-state index contributed by atoms with van der Waals surface area (Å²) in [5.41, 5.74) is -3.49. The van der Waals surface area contributed by atoms with Crippen LogP contribution in [0.3, 0.4) is 0 Å². The zero-order chi connectivity index (χ0) is 43.7. The molecule has 0 unspecified atom stereocenters. The van der Waals surface area contributed by atoms with Crippen LogP contribution >= 0.6 is 0 Å². The molecule has 2 aliphatic heterocycles. The molecule has 336 valence electrons. The van der Waals surface area contributed by atoms with Gasteiger partial charge in [0.1, 0.15) is 23.9 Å². The van der Waals surface area contributed by atoms with Crippen molar-refractivity contribution in [2.24, 2.45) is 28.8 Å². The van der Waals surface area contributed by atoms with Gasteiger partial charge in [-0.3, -0.25) is 14.4 Å². The van der Waals surface area contributed by atoms with Gasteiger partial charge in [-0.05, 0) is 80.3 Å². The molecule has 1 aliphatic carbocycles. The number of nitrogens with zero attached hydrogens (tertiary/aromatic N) is 2. The number of hydrogen-bond donors (Lipinski definition) is 4. The highest BCUT2D eigenvalue weighted by Crippen LogP contribution is 2.40. The van der Waals surface area contributed by atoms with Crippen LogP contribution in [0.1, 0.15) is 126 Å². The Bertz CT molecular complexity index is 1370. The Morgan fingerprint density at radius 3 is 2.14 bits per heavy atom. The zero-order valence-corrected chi connectivity index (χ0v) is 37.0. The summed E-state index contributed by atoms with van der Waals surface area (Å²) in [7, 11) is 6.50.